The third-order valence-electron chi connectivity index (χ3n) is 2.77. The van der Waals surface area contributed by atoms with E-state index in [9.17, 15) is 8.42 Å². The predicted octanol–water partition coefficient (Wildman–Crippen LogP) is -0.966. The molecule has 1 fully saturated rings. The molecular weight excluding hydrogens is 244 g/mol. The van der Waals surface area contributed by atoms with Gasteiger partial charge in [-0.3, -0.25) is 0 Å². The van der Waals surface area contributed by atoms with Gasteiger partial charge in [0.05, 0.1) is 19.4 Å². The lowest BCUT2D eigenvalue weighted by molar-refractivity contribution is 0.0349. The van der Waals surface area contributed by atoms with E-state index in [1.165, 1.54) is 10.5 Å². The lowest BCUT2D eigenvalue weighted by Crippen LogP contribution is -2.53. The fraction of sp³-hybridized carbons (Fsp3) is 0.667. The Labute approximate surface area is 100 Å². The molecule has 1 atom stereocenters. The molecule has 1 aliphatic rings. The van der Waals surface area contributed by atoms with Crippen molar-refractivity contribution in [2.75, 3.05) is 19.8 Å². The van der Waals surface area contributed by atoms with Crippen LogP contribution in [-0.4, -0.2) is 48.2 Å². The summed E-state index contributed by atoms with van der Waals surface area (Å²) in [6.07, 6.45) is 0.850. The molecule has 0 aromatic carbocycles. The van der Waals surface area contributed by atoms with E-state index in [2.05, 4.69) is 4.98 Å². The quantitative estimate of drug-likeness (QED) is 0.739. The maximum atomic E-state index is 12.3. The lowest BCUT2D eigenvalue weighted by Gasteiger charge is -2.31. The molecule has 1 aromatic rings. The molecule has 0 aliphatic carbocycles. The van der Waals surface area contributed by atoms with E-state index in [1.807, 2.05) is 0 Å². The van der Waals surface area contributed by atoms with Crippen LogP contribution in [0.15, 0.2) is 11.2 Å². The molecule has 8 heteroatoms. The average Bonchev–Trinajstić information content (AvgIpc) is 2.60. The topological polar surface area (TPSA) is 90.4 Å². The number of ether oxygens (including phenoxy) is 1. The summed E-state index contributed by atoms with van der Waals surface area (Å²) in [5.41, 5.74) is 5.73. The SMILES string of the molecule is Cc1nc(S(=O)(=O)N2CCOCC2N)cn1C. The summed E-state index contributed by atoms with van der Waals surface area (Å²) in [6.45, 7) is 2.58. The van der Waals surface area contributed by atoms with Crippen molar-refractivity contribution in [2.45, 2.75) is 18.1 Å². The van der Waals surface area contributed by atoms with Gasteiger partial charge in [-0.2, -0.15) is 4.31 Å². The van der Waals surface area contributed by atoms with Crippen molar-refractivity contribution >= 4 is 10.0 Å². The van der Waals surface area contributed by atoms with Gasteiger partial charge >= 0.3 is 0 Å². The summed E-state index contributed by atoms with van der Waals surface area (Å²) in [5, 5.41) is 0.0369. The smallest absolute Gasteiger partial charge is 0.263 e. The van der Waals surface area contributed by atoms with Crippen molar-refractivity contribution in [1.29, 1.82) is 0 Å². The maximum Gasteiger partial charge on any atom is 0.263 e. The van der Waals surface area contributed by atoms with Crippen molar-refractivity contribution in [3.8, 4) is 0 Å². The van der Waals surface area contributed by atoms with E-state index in [4.69, 9.17) is 10.5 Å². The van der Waals surface area contributed by atoms with E-state index in [-0.39, 0.29) is 18.2 Å². The molecular formula is C9H16N4O3S. The number of rotatable bonds is 2. The Balaban J connectivity index is 2.35. The maximum absolute atomic E-state index is 12.3. The van der Waals surface area contributed by atoms with Crippen LogP contribution in [0.1, 0.15) is 5.82 Å². The fourth-order valence-corrected chi connectivity index (χ4v) is 3.19. The van der Waals surface area contributed by atoms with Gasteiger partial charge in [-0.25, -0.2) is 13.4 Å². The third-order valence-corrected chi connectivity index (χ3v) is 4.57. The minimum Gasteiger partial charge on any atom is -0.377 e. The molecule has 2 rings (SSSR count). The van der Waals surface area contributed by atoms with Gasteiger partial charge in [-0.1, -0.05) is 0 Å². The summed E-state index contributed by atoms with van der Waals surface area (Å²) >= 11 is 0. The third kappa shape index (κ3) is 2.21. The van der Waals surface area contributed by atoms with E-state index in [0.717, 1.165) is 0 Å². The molecule has 17 heavy (non-hydrogen) atoms. The summed E-state index contributed by atoms with van der Waals surface area (Å²) in [7, 11) is -1.87. The first-order valence-corrected chi connectivity index (χ1v) is 6.72. The van der Waals surface area contributed by atoms with Crippen LogP contribution in [0.3, 0.4) is 0 Å². The minimum atomic E-state index is -3.62. The second-order valence-corrected chi connectivity index (χ2v) is 5.83. The number of aromatic nitrogens is 2. The zero-order valence-electron chi connectivity index (χ0n) is 9.83. The number of hydrogen-bond donors (Lipinski definition) is 1. The first-order chi connectivity index (χ1) is 7.93. The number of hydrogen-bond acceptors (Lipinski definition) is 5. The predicted molar refractivity (Wildman–Crippen MR) is 60.6 cm³/mol. The number of nitrogens with zero attached hydrogens (tertiary/aromatic N) is 3. The molecule has 0 amide bonds. The van der Waals surface area contributed by atoms with Crippen LogP contribution in [0.5, 0.6) is 0 Å². The molecule has 0 bridgehead atoms. The largest absolute Gasteiger partial charge is 0.377 e. The van der Waals surface area contributed by atoms with Gasteiger partial charge in [0.15, 0.2) is 5.03 Å². The normalized spacial score (nSPS) is 22.9. The highest BCUT2D eigenvalue weighted by Crippen LogP contribution is 2.17. The number of imidazole rings is 1. The summed E-state index contributed by atoms with van der Waals surface area (Å²) in [5.74, 6) is 0.644. The van der Waals surface area contributed by atoms with Crippen molar-refractivity contribution in [3.63, 3.8) is 0 Å². The molecule has 96 valence electrons. The highest BCUT2D eigenvalue weighted by molar-refractivity contribution is 7.89. The van der Waals surface area contributed by atoms with Gasteiger partial charge in [-0.05, 0) is 6.92 Å². The van der Waals surface area contributed by atoms with Gasteiger partial charge in [0.1, 0.15) is 5.82 Å². The van der Waals surface area contributed by atoms with E-state index < -0.39 is 16.2 Å². The van der Waals surface area contributed by atoms with Gasteiger partial charge < -0.3 is 15.0 Å². The Morgan fingerprint density at radius 2 is 2.29 bits per heavy atom. The fourth-order valence-electron chi connectivity index (χ4n) is 1.68. The van der Waals surface area contributed by atoms with Crippen LogP contribution >= 0.6 is 0 Å². The van der Waals surface area contributed by atoms with E-state index >= 15 is 0 Å². The molecule has 0 radical (unpaired) electrons. The van der Waals surface area contributed by atoms with Gasteiger partial charge in [0.2, 0.25) is 0 Å². The Bertz CT molecular complexity index is 491. The highest BCUT2D eigenvalue weighted by atomic mass is 32.2. The average molecular weight is 260 g/mol. The van der Waals surface area contributed by atoms with Gasteiger partial charge in [0, 0.05) is 19.8 Å². The van der Waals surface area contributed by atoms with Crippen molar-refractivity contribution in [3.05, 3.63) is 12.0 Å². The Kier molecular flexibility index (Phi) is 3.21. The number of sulfonamides is 1. The molecule has 1 aromatic heterocycles. The van der Waals surface area contributed by atoms with E-state index in [0.29, 0.717) is 12.4 Å². The van der Waals surface area contributed by atoms with Crippen LogP contribution in [0, 0.1) is 6.92 Å². The summed E-state index contributed by atoms with van der Waals surface area (Å²) in [4.78, 5) is 4.03. The van der Waals surface area contributed by atoms with Crippen LogP contribution < -0.4 is 5.73 Å². The second-order valence-electron chi connectivity index (χ2n) is 4.00. The number of aryl methyl sites for hydroxylation is 2. The minimum absolute atomic E-state index is 0.0369. The summed E-state index contributed by atoms with van der Waals surface area (Å²) in [6, 6.07) is 0. The van der Waals surface area contributed by atoms with Crippen molar-refractivity contribution in [2.24, 2.45) is 12.8 Å². The van der Waals surface area contributed by atoms with E-state index in [1.54, 1.807) is 18.5 Å². The molecule has 0 spiro atoms. The number of morpholine rings is 1. The molecule has 2 N–H and O–H groups in total. The number of nitrogens with two attached hydrogens (primary N) is 1. The Morgan fingerprint density at radius 1 is 1.59 bits per heavy atom. The Hall–Kier alpha value is -0.960. The first-order valence-electron chi connectivity index (χ1n) is 5.28. The van der Waals surface area contributed by atoms with Crippen LogP contribution in [0.2, 0.25) is 0 Å². The van der Waals surface area contributed by atoms with Crippen LogP contribution in [0.25, 0.3) is 0 Å². The lowest BCUT2D eigenvalue weighted by atomic mass is 10.4. The summed E-state index contributed by atoms with van der Waals surface area (Å²) < 4.78 is 32.6. The van der Waals surface area contributed by atoms with Crippen molar-refractivity contribution in [1.82, 2.24) is 13.9 Å². The van der Waals surface area contributed by atoms with Crippen molar-refractivity contribution < 1.29 is 13.2 Å². The second kappa shape index (κ2) is 4.37. The zero-order chi connectivity index (χ0) is 12.6. The molecule has 1 unspecified atom stereocenters. The van der Waals surface area contributed by atoms with Crippen LogP contribution in [-0.2, 0) is 21.8 Å². The van der Waals surface area contributed by atoms with Gasteiger partial charge in [0.25, 0.3) is 10.0 Å². The highest BCUT2D eigenvalue weighted by Gasteiger charge is 2.33. The molecule has 7 nitrogen and oxygen atoms in total. The zero-order valence-corrected chi connectivity index (χ0v) is 10.6. The standard InChI is InChI=1S/C9H16N4O3S/c1-7-11-9(5-12(7)2)17(14,15)13-3-4-16-6-8(13)10/h5,8H,3-4,6,10H2,1-2H3. The molecule has 2 heterocycles. The van der Waals surface area contributed by atoms with Gasteiger partial charge in [-0.15, -0.1) is 0 Å². The molecule has 1 aliphatic heterocycles. The monoisotopic (exact) mass is 260 g/mol. The Morgan fingerprint density at radius 3 is 2.82 bits per heavy atom. The van der Waals surface area contributed by atoms with Crippen LogP contribution in [0.4, 0.5) is 0 Å². The molecule has 0 saturated carbocycles. The molecule has 1 saturated heterocycles. The first kappa shape index (κ1) is 12.5.